The van der Waals surface area contributed by atoms with E-state index in [2.05, 4.69) is 34.3 Å². The Kier molecular flexibility index (Phi) is 5.55. The number of likely N-dealkylation sites (tertiary alicyclic amines) is 1. The van der Waals surface area contributed by atoms with E-state index in [0.717, 1.165) is 0 Å². The number of benzene rings is 1. The van der Waals surface area contributed by atoms with E-state index < -0.39 is 11.5 Å². The molecular formula is C29H28N4O4. The highest BCUT2D eigenvalue weighted by Crippen LogP contribution is 2.46. The van der Waals surface area contributed by atoms with Crippen LogP contribution in [0, 0.1) is 5.92 Å². The van der Waals surface area contributed by atoms with Crippen molar-refractivity contribution in [2.45, 2.75) is 50.7 Å². The van der Waals surface area contributed by atoms with Crippen LogP contribution in [0.4, 0.5) is 5.82 Å². The molecule has 5 heterocycles. The second-order valence-electron chi connectivity index (χ2n) is 10.1. The number of hydrogen-bond acceptors (Lipinski definition) is 6. The number of carbonyl (C=O) groups excluding carboxylic acids is 3. The van der Waals surface area contributed by atoms with E-state index in [-0.39, 0.29) is 42.4 Å². The van der Waals surface area contributed by atoms with E-state index in [1.54, 1.807) is 18.3 Å². The quantitative estimate of drug-likeness (QED) is 0.538. The smallest absolute Gasteiger partial charge is 0.275 e. The largest absolute Gasteiger partial charge is 0.455 e. The number of pyridine rings is 2. The topological polar surface area (TPSA) is 101 Å². The Morgan fingerprint density at radius 3 is 2.76 bits per heavy atom. The molecule has 0 aliphatic carbocycles. The first-order valence-electron chi connectivity index (χ1n) is 12.7. The van der Waals surface area contributed by atoms with Gasteiger partial charge in [-0.15, -0.1) is 0 Å². The van der Waals surface area contributed by atoms with Crippen LogP contribution in [0.15, 0.2) is 60.9 Å². The molecule has 2 amide bonds. The molecule has 0 unspecified atom stereocenters. The number of anilines is 1. The van der Waals surface area contributed by atoms with Gasteiger partial charge in [-0.05, 0) is 44.0 Å². The molecule has 6 rings (SSSR count). The number of ether oxygens (including phenoxy) is 1. The second kappa shape index (κ2) is 8.80. The number of nitrogens with one attached hydrogen (secondary N) is 1. The molecule has 3 aliphatic heterocycles. The molecule has 4 atom stereocenters. The zero-order valence-electron chi connectivity index (χ0n) is 20.8. The number of ketones is 1. The predicted molar refractivity (Wildman–Crippen MR) is 136 cm³/mol. The molecule has 8 nitrogen and oxygen atoms in total. The van der Waals surface area contributed by atoms with Crippen molar-refractivity contribution in [3.63, 3.8) is 0 Å². The van der Waals surface area contributed by atoms with Crippen molar-refractivity contribution >= 4 is 23.4 Å². The highest BCUT2D eigenvalue weighted by molar-refractivity contribution is 6.05. The van der Waals surface area contributed by atoms with Crippen LogP contribution in [0.1, 0.15) is 59.7 Å². The van der Waals surface area contributed by atoms with Crippen molar-refractivity contribution in [3.05, 3.63) is 83.2 Å². The maximum atomic E-state index is 13.4. The summed E-state index contributed by atoms with van der Waals surface area (Å²) < 4.78 is 6.06. The van der Waals surface area contributed by atoms with Gasteiger partial charge >= 0.3 is 0 Å². The number of carbonyl (C=O) groups is 3. The monoisotopic (exact) mass is 496 g/mol. The first-order valence-corrected chi connectivity index (χ1v) is 12.7. The first-order chi connectivity index (χ1) is 17.9. The van der Waals surface area contributed by atoms with Crippen molar-refractivity contribution < 1.29 is 19.1 Å². The van der Waals surface area contributed by atoms with E-state index in [9.17, 15) is 14.4 Å². The van der Waals surface area contributed by atoms with Crippen molar-refractivity contribution in [3.8, 4) is 5.88 Å². The van der Waals surface area contributed by atoms with Crippen LogP contribution >= 0.6 is 0 Å². The normalized spacial score (nSPS) is 26.0. The summed E-state index contributed by atoms with van der Waals surface area (Å²) in [5.74, 6) is 0.187. The van der Waals surface area contributed by atoms with Gasteiger partial charge in [0, 0.05) is 66.3 Å². The molecule has 1 aromatic carbocycles. The number of hydrogen-bond donors (Lipinski definition) is 1. The maximum absolute atomic E-state index is 13.4. The average Bonchev–Trinajstić information content (AvgIpc) is 3.43. The standard InChI is InChI=1S/C29H28N4O4/c1-3-33-17(2)22(18-8-5-4-6-9-18)13-19(27(33)35)14-24(34)21-12-20-15-29(37-26(20)31-16-21)23-10-7-11-30-25(23)32-28(29)36/h4-12,16-17,19,22H,3,13-15H2,1-2H3,(H,30,32,36)/t17-,19-,22-,29-/m1/s1. The lowest BCUT2D eigenvalue weighted by atomic mass is 9.77. The molecule has 0 bridgehead atoms. The third kappa shape index (κ3) is 3.70. The number of fused-ring (bicyclic) bond motifs is 3. The summed E-state index contributed by atoms with van der Waals surface area (Å²) in [5, 5.41) is 2.78. The van der Waals surface area contributed by atoms with Gasteiger partial charge in [-0.3, -0.25) is 14.4 Å². The molecule has 0 saturated carbocycles. The SMILES string of the molecule is CCN1C(=O)[C@@H](CC(=O)c2cnc3c(c2)C[C@]2(O3)C(=O)Nc3ncccc32)C[C@@H](c2ccccc2)[C@H]1C. The summed E-state index contributed by atoms with van der Waals surface area (Å²) >= 11 is 0. The minimum atomic E-state index is -1.22. The van der Waals surface area contributed by atoms with Crippen molar-refractivity contribution in [1.29, 1.82) is 0 Å². The Labute approximate surface area is 215 Å². The molecule has 188 valence electrons. The number of Topliss-reactive ketones (excluding diaryl/α,β-unsaturated/α-hetero) is 1. The van der Waals surface area contributed by atoms with Gasteiger partial charge in [-0.1, -0.05) is 30.3 Å². The summed E-state index contributed by atoms with van der Waals surface area (Å²) in [6, 6.07) is 15.6. The van der Waals surface area contributed by atoms with E-state index in [4.69, 9.17) is 4.74 Å². The number of likely N-dealkylation sites (N-methyl/N-ethyl adjacent to an activating group) is 1. The van der Waals surface area contributed by atoms with Crippen LogP contribution in [-0.4, -0.2) is 45.1 Å². The molecule has 3 aromatic rings. The number of nitrogens with zero attached hydrogens (tertiary/aromatic N) is 3. The van der Waals surface area contributed by atoms with E-state index in [0.29, 0.717) is 41.4 Å². The Hall–Kier alpha value is -4.07. The van der Waals surface area contributed by atoms with Gasteiger partial charge in [0.05, 0.1) is 0 Å². The number of amides is 2. The zero-order chi connectivity index (χ0) is 25.7. The maximum Gasteiger partial charge on any atom is 0.275 e. The Morgan fingerprint density at radius 1 is 1.16 bits per heavy atom. The minimum Gasteiger partial charge on any atom is -0.455 e. The Morgan fingerprint density at radius 2 is 1.97 bits per heavy atom. The van der Waals surface area contributed by atoms with Crippen LogP contribution in [0.25, 0.3) is 0 Å². The Balaban J connectivity index is 1.23. The fourth-order valence-corrected chi connectivity index (χ4v) is 6.10. The van der Waals surface area contributed by atoms with Crippen LogP contribution in [0.2, 0.25) is 0 Å². The number of piperidine rings is 1. The lowest BCUT2D eigenvalue weighted by molar-refractivity contribution is -0.142. The highest BCUT2D eigenvalue weighted by atomic mass is 16.5. The van der Waals surface area contributed by atoms with E-state index in [1.807, 2.05) is 36.1 Å². The van der Waals surface area contributed by atoms with Gasteiger partial charge in [-0.2, -0.15) is 0 Å². The van der Waals surface area contributed by atoms with Gasteiger partial charge < -0.3 is 15.0 Å². The molecule has 8 heteroatoms. The highest BCUT2D eigenvalue weighted by Gasteiger charge is 2.54. The lowest BCUT2D eigenvalue weighted by Crippen LogP contribution is -2.50. The Bertz CT molecular complexity index is 1410. The lowest BCUT2D eigenvalue weighted by Gasteiger charge is -2.42. The fourth-order valence-electron chi connectivity index (χ4n) is 6.10. The van der Waals surface area contributed by atoms with Gasteiger partial charge in [-0.25, -0.2) is 9.97 Å². The molecule has 1 fully saturated rings. The van der Waals surface area contributed by atoms with Crippen LogP contribution < -0.4 is 10.1 Å². The molecule has 1 N–H and O–H groups in total. The number of rotatable bonds is 5. The molecule has 1 spiro atoms. The second-order valence-corrected chi connectivity index (χ2v) is 10.1. The predicted octanol–water partition coefficient (Wildman–Crippen LogP) is 3.87. The average molecular weight is 497 g/mol. The summed E-state index contributed by atoms with van der Waals surface area (Å²) in [4.78, 5) is 50.1. The third-order valence-corrected chi connectivity index (χ3v) is 8.04. The molecule has 2 aromatic heterocycles. The van der Waals surface area contributed by atoms with Crippen molar-refractivity contribution in [2.75, 3.05) is 11.9 Å². The van der Waals surface area contributed by atoms with E-state index in [1.165, 1.54) is 11.8 Å². The van der Waals surface area contributed by atoms with Crippen LogP contribution in [0.5, 0.6) is 5.88 Å². The first kappa shape index (κ1) is 23.3. The van der Waals surface area contributed by atoms with Gasteiger partial charge in [0.2, 0.25) is 17.4 Å². The van der Waals surface area contributed by atoms with E-state index >= 15 is 0 Å². The molecular weight excluding hydrogens is 468 g/mol. The molecule has 0 radical (unpaired) electrons. The minimum absolute atomic E-state index is 0.0265. The van der Waals surface area contributed by atoms with Crippen LogP contribution in [-0.2, 0) is 21.6 Å². The summed E-state index contributed by atoms with van der Waals surface area (Å²) in [5.41, 5.74) is 1.75. The molecule has 1 saturated heterocycles. The zero-order valence-corrected chi connectivity index (χ0v) is 20.8. The summed E-state index contributed by atoms with van der Waals surface area (Å²) in [7, 11) is 0. The van der Waals surface area contributed by atoms with Crippen molar-refractivity contribution in [1.82, 2.24) is 14.9 Å². The third-order valence-electron chi connectivity index (χ3n) is 8.04. The van der Waals surface area contributed by atoms with Crippen LogP contribution in [0.3, 0.4) is 0 Å². The van der Waals surface area contributed by atoms with Gasteiger partial charge in [0.15, 0.2) is 5.78 Å². The molecule has 37 heavy (non-hydrogen) atoms. The molecule has 3 aliphatic rings. The van der Waals surface area contributed by atoms with Crippen molar-refractivity contribution in [2.24, 2.45) is 5.92 Å². The number of aromatic nitrogens is 2. The fraction of sp³-hybridized carbons (Fsp3) is 0.345. The summed E-state index contributed by atoms with van der Waals surface area (Å²) in [6.45, 7) is 4.67. The summed E-state index contributed by atoms with van der Waals surface area (Å²) in [6.07, 6.45) is 4.11. The van der Waals surface area contributed by atoms with Gasteiger partial charge in [0.25, 0.3) is 5.91 Å². The van der Waals surface area contributed by atoms with Gasteiger partial charge in [0.1, 0.15) is 5.82 Å².